The second kappa shape index (κ2) is 36.3. The minimum absolute atomic E-state index is 0.00629. The monoisotopic (exact) mass is 861 g/mol. The van der Waals surface area contributed by atoms with Gasteiger partial charge in [0.1, 0.15) is 13.2 Å². The molecule has 0 aromatic heterocycles. The predicted octanol–water partition coefficient (Wildman–Crippen LogP) is 7.05. The van der Waals surface area contributed by atoms with Crippen molar-refractivity contribution in [2.45, 2.75) is 58.0 Å². The normalized spacial score (nSPS) is 11.5. The molecule has 2 aromatic carbocycles. The summed E-state index contributed by atoms with van der Waals surface area (Å²) in [6.07, 6.45) is 2.84. The zero-order chi connectivity index (χ0) is 43.2. The molecule has 0 bridgehead atoms. The topological polar surface area (TPSA) is 148 Å². The molecule has 0 heterocycles. The number of ether oxygens (including phenoxy) is 11. The van der Waals surface area contributed by atoms with Crippen molar-refractivity contribution < 1.29 is 74.9 Å². The molecule has 0 aliphatic heterocycles. The van der Waals surface area contributed by atoms with Gasteiger partial charge in [-0.1, -0.05) is 57.2 Å². The fourth-order valence-corrected chi connectivity index (χ4v) is 5.17. The number of carbonyl (C=O) groups excluding carboxylic acids is 2. The third-order valence-corrected chi connectivity index (χ3v) is 8.28. The molecule has 0 saturated heterocycles. The molecule has 0 radical (unpaired) electrons. The van der Waals surface area contributed by atoms with Crippen LogP contribution in [0.5, 0.6) is 0 Å². The lowest BCUT2D eigenvalue weighted by atomic mass is 10.1. The lowest BCUT2D eigenvalue weighted by Crippen LogP contribution is -2.16. The number of anilines is 2. The zero-order valence-electron chi connectivity index (χ0n) is 35.2. The van der Waals surface area contributed by atoms with Crippen molar-refractivity contribution in [3.05, 3.63) is 59.7 Å². The molecule has 60 heavy (non-hydrogen) atoms. The Morgan fingerprint density at radius 1 is 0.500 bits per heavy atom. The van der Waals surface area contributed by atoms with Gasteiger partial charge in [0.2, 0.25) is 0 Å². The summed E-state index contributed by atoms with van der Waals surface area (Å²) in [5, 5.41) is 2.86. The highest BCUT2D eigenvalue weighted by Crippen LogP contribution is 2.32. The molecule has 0 fully saturated rings. The predicted molar refractivity (Wildman–Crippen MR) is 218 cm³/mol. The van der Waals surface area contributed by atoms with Crippen molar-refractivity contribution in [2.75, 3.05) is 137 Å². The number of carbonyl (C=O) groups is 2. The minimum atomic E-state index is -4.48. The molecular weight excluding hydrogens is 795 g/mol. The van der Waals surface area contributed by atoms with Crippen LogP contribution in [0.1, 0.15) is 67.8 Å². The van der Waals surface area contributed by atoms with Crippen molar-refractivity contribution in [3.63, 3.8) is 0 Å². The molecule has 2 rings (SSSR count). The maximum absolute atomic E-state index is 13.1. The van der Waals surface area contributed by atoms with Gasteiger partial charge in [0.15, 0.2) is 0 Å². The van der Waals surface area contributed by atoms with Crippen LogP contribution in [0.15, 0.2) is 48.5 Å². The Kier molecular flexibility index (Phi) is 31.9. The number of hydrogen-bond donors (Lipinski definition) is 1. The highest BCUT2D eigenvalue weighted by atomic mass is 19.4. The first-order valence-electron chi connectivity index (χ1n) is 20.9. The van der Waals surface area contributed by atoms with Crippen LogP contribution in [-0.2, 0) is 63.1 Å². The molecule has 2 aromatic rings. The summed E-state index contributed by atoms with van der Waals surface area (Å²) in [4.78, 5) is 24.3. The van der Waals surface area contributed by atoms with E-state index >= 15 is 0 Å². The van der Waals surface area contributed by atoms with Gasteiger partial charge in [-0.15, -0.1) is 0 Å². The van der Waals surface area contributed by atoms with Crippen LogP contribution < -0.4 is 5.32 Å². The van der Waals surface area contributed by atoms with Gasteiger partial charge in [-0.05, 0) is 36.8 Å². The van der Waals surface area contributed by atoms with Crippen LogP contribution in [0.2, 0.25) is 0 Å². The van der Waals surface area contributed by atoms with Gasteiger partial charge < -0.3 is 57.4 Å². The Morgan fingerprint density at radius 2 is 0.917 bits per heavy atom. The molecule has 0 saturated carbocycles. The molecular formula is C43H66F3NO13. The van der Waals surface area contributed by atoms with E-state index in [0.29, 0.717) is 124 Å². The second-order valence-electron chi connectivity index (χ2n) is 13.1. The smallest absolute Gasteiger partial charge is 0.416 e. The molecule has 1 N–H and O–H groups in total. The molecule has 0 atom stereocenters. The number of esters is 2. The molecule has 17 heteroatoms. The number of hydrogen-bond acceptors (Lipinski definition) is 14. The number of benzene rings is 2. The van der Waals surface area contributed by atoms with E-state index in [9.17, 15) is 22.8 Å². The Hall–Kier alpha value is -3.39. The fraction of sp³-hybridized carbons (Fsp3) is 0.674. The van der Waals surface area contributed by atoms with E-state index in [1.54, 1.807) is 18.2 Å². The van der Waals surface area contributed by atoms with Crippen LogP contribution in [0.25, 0.3) is 0 Å². The third kappa shape index (κ3) is 29.0. The Balaban J connectivity index is 1.26. The van der Waals surface area contributed by atoms with Crippen LogP contribution in [0, 0.1) is 0 Å². The van der Waals surface area contributed by atoms with Gasteiger partial charge in [-0.25, -0.2) is 4.79 Å². The average Bonchev–Trinajstić information content (AvgIpc) is 3.24. The van der Waals surface area contributed by atoms with Gasteiger partial charge in [0.25, 0.3) is 0 Å². The van der Waals surface area contributed by atoms with Gasteiger partial charge in [0, 0.05) is 12.1 Å². The van der Waals surface area contributed by atoms with Crippen molar-refractivity contribution in [1.82, 2.24) is 0 Å². The Bertz CT molecular complexity index is 1360. The van der Waals surface area contributed by atoms with E-state index in [1.807, 2.05) is 0 Å². The first-order valence-corrected chi connectivity index (χ1v) is 20.9. The average molecular weight is 862 g/mol. The van der Waals surface area contributed by atoms with E-state index in [4.69, 9.17) is 52.1 Å². The first kappa shape index (κ1) is 52.7. The van der Waals surface area contributed by atoms with Gasteiger partial charge in [-0.2, -0.15) is 13.2 Å². The molecule has 14 nitrogen and oxygen atoms in total. The molecule has 342 valence electrons. The quantitative estimate of drug-likeness (QED) is 0.0539. The molecule has 0 spiro atoms. The highest BCUT2D eigenvalue weighted by Gasteiger charge is 2.30. The molecule has 0 aliphatic rings. The van der Waals surface area contributed by atoms with Crippen molar-refractivity contribution >= 4 is 23.3 Å². The van der Waals surface area contributed by atoms with Crippen molar-refractivity contribution in [1.29, 1.82) is 0 Å². The van der Waals surface area contributed by atoms with E-state index in [0.717, 1.165) is 25.0 Å². The summed E-state index contributed by atoms with van der Waals surface area (Å²) in [5.41, 5.74) is -0.102. The minimum Gasteiger partial charge on any atom is -0.463 e. The van der Waals surface area contributed by atoms with Crippen molar-refractivity contribution in [3.8, 4) is 0 Å². The van der Waals surface area contributed by atoms with Crippen LogP contribution >= 0.6 is 0 Å². The highest BCUT2D eigenvalue weighted by molar-refractivity contribution is 5.96. The van der Waals surface area contributed by atoms with E-state index < -0.39 is 17.7 Å². The maximum Gasteiger partial charge on any atom is 0.416 e. The maximum atomic E-state index is 13.1. The number of para-hydroxylation sites is 1. The van der Waals surface area contributed by atoms with Crippen LogP contribution in [0.3, 0.4) is 0 Å². The number of halogens is 3. The lowest BCUT2D eigenvalue weighted by Gasteiger charge is -2.13. The number of alkyl halides is 3. The Morgan fingerprint density at radius 3 is 1.38 bits per heavy atom. The SMILES string of the molecule is CCCCCCCCC(=O)OCCOCCOCCOCCOCCOCCOCCOCCOCCOCCOC(=O)c1ccccc1Nc1cccc(C(F)(F)F)c1. The molecule has 0 amide bonds. The van der Waals surface area contributed by atoms with Gasteiger partial charge >= 0.3 is 18.1 Å². The summed E-state index contributed by atoms with van der Waals surface area (Å²) in [5.74, 6) is -0.792. The van der Waals surface area contributed by atoms with Crippen LogP contribution in [-0.4, -0.2) is 144 Å². The number of rotatable bonds is 40. The molecule has 0 unspecified atom stereocenters. The fourth-order valence-electron chi connectivity index (χ4n) is 5.17. The van der Waals surface area contributed by atoms with Crippen LogP contribution in [0.4, 0.5) is 24.5 Å². The van der Waals surface area contributed by atoms with E-state index in [2.05, 4.69) is 12.2 Å². The first-order chi connectivity index (χ1) is 29.3. The summed E-state index contributed by atoms with van der Waals surface area (Å²) in [6.45, 7) is 9.72. The van der Waals surface area contributed by atoms with E-state index in [-0.39, 0.29) is 37.0 Å². The van der Waals surface area contributed by atoms with Crippen molar-refractivity contribution in [2.24, 2.45) is 0 Å². The van der Waals surface area contributed by atoms with Gasteiger partial charge in [-0.3, -0.25) is 4.79 Å². The zero-order valence-corrected chi connectivity index (χ0v) is 35.2. The summed E-state index contributed by atoms with van der Waals surface area (Å²) < 4.78 is 98.8. The summed E-state index contributed by atoms with van der Waals surface area (Å²) >= 11 is 0. The summed E-state index contributed by atoms with van der Waals surface area (Å²) in [6, 6.07) is 11.1. The summed E-state index contributed by atoms with van der Waals surface area (Å²) in [7, 11) is 0. The van der Waals surface area contributed by atoms with E-state index in [1.165, 1.54) is 43.9 Å². The number of unbranched alkanes of at least 4 members (excludes halogenated alkanes) is 5. The van der Waals surface area contributed by atoms with Gasteiger partial charge in [0.05, 0.1) is 136 Å². The standard InChI is InChI=1S/C43H66F3NO13/c1-2-3-4-5-6-7-15-41(48)59-34-32-57-30-28-55-26-24-53-22-20-51-18-16-50-17-19-52-21-23-54-25-27-56-29-31-58-33-35-60-42(49)39-13-8-9-14-40(39)47-38-12-10-11-37(36-38)43(44,45)46/h8-14,36,47H,2-7,15-35H2,1H3. The number of nitrogens with one attached hydrogen (secondary N) is 1. The molecule has 0 aliphatic carbocycles. The largest absolute Gasteiger partial charge is 0.463 e. The second-order valence-corrected chi connectivity index (χ2v) is 13.1. The lowest BCUT2D eigenvalue weighted by molar-refractivity contribution is -0.145. The Labute approximate surface area is 352 Å². The third-order valence-electron chi connectivity index (χ3n) is 8.28.